The summed E-state index contributed by atoms with van der Waals surface area (Å²) in [6, 6.07) is 17.5. The monoisotopic (exact) mass is 428 g/mol. The fourth-order valence-corrected chi connectivity index (χ4v) is 4.77. The molecule has 0 bridgehead atoms. The van der Waals surface area contributed by atoms with E-state index in [4.69, 9.17) is 0 Å². The molecule has 0 aromatic heterocycles. The van der Waals surface area contributed by atoms with E-state index in [0.29, 0.717) is 0 Å². The van der Waals surface area contributed by atoms with Crippen molar-refractivity contribution in [3.8, 4) is 0 Å². The molecule has 32 heavy (non-hydrogen) atoms. The number of unbranched alkanes of at least 4 members (excludes halogenated alkanes) is 4. The topological polar surface area (TPSA) is 25.3 Å². The fraction of sp³-hybridized carbons (Fsp3) is 0.467. The Kier molecular flexibility index (Phi) is 9.02. The average Bonchev–Trinajstić information content (AvgIpc) is 3.10. The van der Waals surface area contributed by atoms with Gasteiger partial charge in [0.15, 0.2) is 0 Å². The van der Waals surface area contributed by atoms with Gasteiger partial charge in [0, 0.05) is 22.3 Å². The van der Waals surface area contributed by atoms with Crippen LogP contribution in [-0.4, -0.2) is 4.70 Å². The summed E-state index contributed by atoms with van der Waals surface area (Å²) >= 11 is 0. The second-order valence-electron chi connectivity index (χ2n) is 8.99. The lowest BCUT2D eigenvalue weighted by Gasteiger charge is -2.11. The van der Waals surface area contributed by atoms with Gasteiger partial charge < -0.3 is 5.53 Å². The molecule has 2 heteroatoms. The summed E-state index contributed by atoms with van der Waals surface area (Å²) < 4.78 is 1.52. The van der Waals surface area contributed by atoms with Gasteiger partial charge in [0.05, 0.1) is 0 Å². The average molecular weight is 429 g/mol. The van der Waals surface area contributed by atoms with E-state index in [-0.39, 0.29) is 0 Å². The fourth-order valence-electron chi connectivity index (χ4n) is 4.77. The van der Waals surface area contributed by atoms with E-state index in [9.17, 15) is 5.53 Å². The quantitative estimate of drug-likeness (QED) is 0.238. The van der Waals surface area contributed by atoms with Crippen LogP contribution in [0.25, 0.3) is 16.9 Å². The summed E-state index contributed by atoms with van der Waals surface area (Å²) in [7, 11) is 0. The molecule has 0 saturated carbocycles. The van der Waals surface area contributed by atoms with Gasteiger partial charge in [-0.2, -0.15) is 0 Å². The van der Waals surface area contributed by atoms with Crippen LogP contribution in [0.15, 0.2) is 59.7 Å². The lowest BCUT2D eigenvalue weighted by atomic mass is 9.91. The minimum absolute atomic E-state index is 1.000. The SMILES string of the molecule is CCCCCC1=C(c2cccc(CC)c2)[N+](=[N-])C(c2cccc(CC)c2)=C1CCCCC. The Labute approximate surface area is 195 Å². The maximum atomic E-state index is 11.7. The molecule has 1 heterocycles. The Balaban J connectivity index is 2.15. The molecule has 0 aliphatic carbocycles. The molecular weight excluding hydrogens is 388 g/mol. The lowest BCUT2D eigenvalue weighted by molar-refractivity contribution is -0.345. The molecule has 0 amide bonds. The highest BCUT2D eigenvalue weighted by Gasteiger charge is 2.35. The normalized spacial score (nSPS) is 14.1. The van der Waals surface area contributed by atoms with Crippen LogP contribution < -0.4 is 0 Å². The summed E-state index contributed by atoms with van der Waals surface area (Å²) in [6.45, 7) is 8.90. The smallest absolute Gasteiger partial charge is 0.211 e. The predicted octanol–water partition coefficient (Wildman–Crippen LogP) is 9.14. The third kappa shape index (κ3) is 5.46. The summed E-state index contributed by atoms with van der Waals surface area (Å²) in [5.74, 6) is 0. The Hall–Kier alpha value is -2.48. The molecule has 170 valence electrons. The zero-order chi connectivity index (χ0) is 22.9. The molecule has 0 N–H and O–H groups in total. The van der Waals surface area contributed by atoms with E-state index in [2.05, 4.69) is 76.2 Å². The Morgan fingerprint density at radius 1 is 0.625 bits per heavy atom. The van der Waals surface area contributed by atoms with Crippen LogP contribution in [-0.2, 0) is 12.8 Å². The van der Waals surface area contributed by atoms with E-state index < -0.39 is 0 Å². The Morgan fingerprint density at radius 2 is 1.06 bits per heavy atom. The van der Waals surface area contributed by atoms with Gasteiger partial charge in [-0.25, -0.2) is 4.70 Å². The van der Waals surface area contributed by atoms with E-state index in [1.165, 1.54) is 52.7 Å². The van der Waals surface area contributed by atoms with Gasteiger partial charge in [-0.05, 0) is 73.9 Å². The standard InChI is InChI=1S/C30H40N2/c1-5-9-11-19-27-28(20-12-10-6-2)30(26-18-14-16-24(8-4)22-26)32(31)29(27)25-17-13-15-23(7-3)21-25/h13-18,21-22H,5-12,19-20H2,1-4H3. The van der Waals surface area contributed by atoms with Crippen molar-refractivity contribution < 1.29 is 4.70 Å². The third-order valence-electron chi connectivity index (χ3n) is 6.64. The number of allylic oxidation sites excluding steroid dienone is 2. The Bertz CT molecular complexity index is 914. The molecule has 0 fully saturated rings. The zero-order valence-electron chi connectivity index (χ0n) is 20.6. The van der Waals surface area contributed by atoms with Gasteiger partial charge in [0.2, 0.25) is 11.4 Å². The van der Waals surface area contributed by atoms with Crippen molar-refractivity contribution >= 4 is 11.4 Å². The van der Waals surface area contributed by atoms with E-state index >= 15 is 0 Å². The molecule has 0 atom stereocenters. The first-order valence-corrected chi connectivity index (χ1v) is 12.8. The highest BCUT2D eigenvalue weighted by atomic mass is 15.2. The summed E-state index contributed by atoms with van der Waals surface area (Å²) in [5, 5.41) is 0. The van der Waals surface area contributed by atoms with Crippen LogP contribution in [0.1, 0.15) is 101 Å². The minimum Gasteiger partial charge on any atom is -0.493 e. The number of benzene rings is 2. The molecule has 2 nitrogen and oxygen atoms in total. The van der Waals surface area contributed by atoms with Crippen molar-refractivity contribution in [3.05, 3.63) is 87.5 Å². The number of hydrogen-bond donors (Lipinski definition) is 0. The van der Waals surface area contributed by atoms with E-state index in [0.717, 1.165) is 61.0 Å². The molecular formula is C30H40N2. The van der Waals surface area contributed by atoms with Crippen LogP contribution in [0.3, 0.4) is 0 Å². The molecule has 0 radical (unpaired) electrons. The van der Waals surface area contributed by atoms with Gasteiger partial charge in [0.25, 0.3) is 0 Å². The molecule has 3 rings (SSSR count). The van der Waals surface area contributed by atoms with Gasteiger partial charge >= 0.3 is 0 Å². The predicted molar refractivity (Wildman–Crippen MR) is 137 cm³/mol. The maximum absolute atomic E-state index is 11.7. The van der Waals surface area contributed by atoms with Crippen LogP contribution in [0.4, 0.5) is 0 Å². The number of aryl methyl sites for hydroxylation is 2. The minimum atomic E-state index is 1.000. The van der Waals surface area contributed by atoms with Crippen LogP contribution in [0.5, 0.6) is 0 Å². The van der Waals surface area contributed by atoms with Gasteiger partial charge in [-0.1, -0.05) is 77.6 Å². The highest BCUT2D eigenvalue weighted by Crippen LogP contribution is 2.44. The molecule has 1 aliphatic heterocycles. The third-order valence-corrected chi connectivity index (χ3v) is 6.64. The molecule has 2 aromatic rings. The van der Waals surface area contributed by atoms with Crippen molar-refractivity contribution in [2.75, 3.05) is 0 Å². The van der Waals surface area contributed by atoms with E-state index in [1.807, 2.05) is 0 Å². The van der Waals surface area contributed by atoms with Crippen molar-refractivity contribution in [1.82, 2.24) is 0 Å². The summed E-state index contributed by atoms with van der Waals surface area (Å²) in [5.41, 5.74) is 21.2. The molecule has 0 unspecified atom stereocenters. The van der Waals surface area contributed by atoms with Crippen molar-refractivity contribution in [2.45, 2.75) is 91.9 Å². The second kappa shape index (κ2) is 11.9. The molecule has 0 spiro atoms. The van der Waals surface area contributed by atoms with Crippen molar-refractivity contribution in [3.63, 3.8) is 0 Å². The largest absolute Gasteiger partial charge is 0.493 e. The number of rotatable bonds is 12. The van der Waals surface area contributed by atoms with Crippen molar-refractivity contribution in [2.24, 2.45) is 0 Å². The summed E-state index contributed by atoms with van der Waals surface area (Å²) in [4.78, 5) is 0. The van der Waals surface area contributed by atoms with Crippen molar-refractivity contribution in [1.29, 1.82) is 0 Å². The summed E-state index contributed by atoms with van der Waals surface area (Å²) in [6.07, 6.45) is 11.2. The van der Waals surface area contributed by atoms with Crippen LogP contribution in [0, 0.1) is 0 Å². The Morgan fingerprint density at radius 3 is 1.44 bits per heavy atom. The molecule has 2 aromatic carbocycles. The lowest BCUT2D eigenvalue weighted by Crippen LogP contribution is -2.03. The first-order valence-electron chi connectivity index (χ1n) is 12.8. The zero-order valence-corrected chi connectivity index (χ0v) is 20.6. The number of hydrogen-bond acceptors (Lipinski definition) is 0. The molecule has 0 saturated heterocycles. The first-order chi connectivity index (χ1) is 15.6. The van der Waals surface area contributed by atoms with Crippen LogP contribution in [0.2, 0.25) is 0 Å². The van der Waals surface area contributed by atoms with E-state index in [1.54, 1.807) is 0 Å². The van der Waals surface area contributed by atoms with Gasteiger partial charge in [-0.15, -0.1) is 0 Å². The van der Waals surface area contributed by atoms with Gasteiger partial charge in [0.1, 0.15) is 0 Å². The second-order valence-corrected chi connectivity index (χ2v) is 8.99. The molecule has 1 aliphatic rings. The first kappa shape index (κ1) is 24.2. The van der Waals surface area contributed by atoms with Gasteiger partial charge in [-0.3, -0.25) is 0 Å². The highest BCUT2D eigenvalue weighted by molar-refractivity contribution is 5.82. The number of nitrogens with zero attached hydrogens (tertiary/aromatic N) is 2. The maximum Gasteiger partial charge on any atom is 0.211 e. The van der Waals surface area contributed by atoms with Crippen LogP contribution >= 0.6 is 0 Å².